The van der Waals surface area contributed by atoms with Crippen LogP contribution in [0.3, 0.4) is 0 Å². The highest BCUT2D eigenvalue weighted by molar-refractivity contribution is 5.45. The van der Waals surface area contributed by atoms with Gasteiger partial charge in [-0.3, -0.25) is 0 Å². The Kier molecular flexibility index (Phi) is 2.46. The largest absolute Gasteiger partial charge is 0.457 e. The minimum Gasteiger partial charge on any atom is -0.457 e. The van der Waals surface area contributed by atoms with Crippen LogP contribution in [0.15, 0.2) is 48.5 Å². The van der Waals surface area contributed by atoms with Gasteiger partial charge in [-0.2, -0.15) is 0 Å². The van der Waals surface area contributed by atoms with Gasteiger partial charge in [0.15, 0.2) is 0 Å². The van der Waals surface area contributed by atoms with E-state index < -0.39 is 0 Å². The van der Waals surface area contributed by atoms with Gasteiger partial charge in [-0.25, -0.2) is 0 Å². The van der Waals surface area contributed by atoms with Crippen molar-refractivity contribution < 1.29 is 4.74 Å². The summed E-state index contributed by atoms with van der Waals surface area (Å²) in [5.74, 6) is 1.52. The van der Waals surface area contributed by atoms with Crippen molar-refractivity contribution in [1.29, 1.82) is 0 Å². The number of benzene rings is 2. The van der Waals surface area contributed by atoms with Crippen LogP contribution in [0.4, 0.5) is 11.4 Å². The summed E-state index contributed by atoms with van der Waals surface area (Å²) in [5, 5.41) is 0. The number of nitrogen functional groups attached to an aromatic ring is 2. The highest BCUT2D eigenvalue weighted by atomic mass is 16.5. The van der Waals surface area contributed by atoms with Crippen LogP contribution < -0.4 is 16.2 Å². The minimum atomic E-state index is 0.722. The first kappa shape index (κ1) is 9.40. The first-order valence-corrected chi connectivity index (χ1v) is 4.63. The van der Waals surface area contributed by atoms with Crippen molar-refractivity contribution in [2.45, 2.75) is 0 Å². The van der Waals surface area contributed by atoms with Gasteiger partial charge in [0.25, 0.3) is 0 Å². The van der Waals surface area contributed by atoms with Crippen LogP contribution in [0.25, 0.3) is 0 Å². The van der Waals surface area contributed by atoms with Gasteiger partial charge in [-0.15, -0.1) is 0 Å². The molecule has 2 aromatic carbocycles. The average molecular weight is 201 g/mol. The van der Waals surface area contributed by atoms with Crippen LogP contribution in [0, 0.1) is 0 Å². The van der Waals surface area contributed by atoms with Gasteiger partial charge < -0.3 is 16.2 Å². The molecule has 0 aromatic heterocycles. The van der Waals surface area contributed by atoms with E-state index in [9.17, 15) is 0 Å². The van der Waals surface area contributed by atoms with Gasteiger partial charge in [-0.1, -0.05) is 0 Å². The van der Waals surface area contributed by atoms with Gasteiger partial charge in [0.05, 0.1) is 0 Å². The van der Waals surface area contributed by atoms with E-state index in [-0.39, 0.29) is 0 Å². The molecule has 4 N–H and O–H groups in total. The lowest BCUT2D eigenvalue weighted by atomic mass is 10.3. The van der Waals surface area contributed by atoms with Crippen LogP contribution in [0.5, 0.6) is 11.5 Å². The third-order valence-corrected chi connectivity index (χ3v) is 2.00. The van der Waals surface area contributed by atoms with Gasteiger partial charge in [-0.05, 0) is 48.5 Å². The van der Waals surface area contributed by atoms with E-state index in [0.717, 1.165) is 22.9 Å². The highest BCUT2D eigenvalue weighted by Gasteiger charge is 1.96. The molecule has 0 saturated heterocycles. The quantitative estimate of drug-likeness (QED) is 0.580. The number of hydrogen-bond acceptors (Lipinski definition) is 3. The molecule has 0 atom stereocenters. The Morgan fingerprint density at radius 3 is 1.27 bits per heavy atom. The number of nitrogens with two attached hydrogens (primary N) is 2. The van der Waals surface area contributed by atoms with Gasteiger partial charge >= 0.3 is 0 Å². The summed E-state index contributed by atoms with van der Waals surface area (Å²) in [4.78, 5) is 0. The topological polar surface area (TPSA) is 61.3 Å². The molecule has 0 bridgehead atoms. The molecule has 0 radical (unpaired) electrons. The smallest absolute Gasteiger partial charge is 0.127 e. The maximum atomic E-state index is 5.58. The van der Waals surface area contributed by atoms with Crippen LogP contribution in [0.1, 0.15) is 0 Å². The Morgan fingerprint density at radius 2 is 0.933 bits per heavy atom. The molecule has 3 nitrogen and oxygen atoms in total. The molecule has 2 rings (SSSR count). The average Bonchev–Trinajstić information content (AvgIpc) is 2.25. The number of ether oxygens (including phenoxy) is 1. The van der Waals surface area contributed by atoms with E-state index in [4.69, 9.17) is 16.2 Å². The summed E-state index contributed by atoms with van der Waals surface area (Å²) in [6.45, 7) is 0. The normalized spacial score (nSPS) is 9.87. The number of rotatable bonds is 2. The molecular weight excluding hydrogens is 189 g/mol. The van der Waals surface area contributed by atoms with Crippen molar-refractivity contribution in [3.8, 4) is 11.5 Å². The molecule has 2 aromatic rings. The van der Waals surface area contributed by atoms with E-state index in [1.54, 1.807) is 24.3 Å². The van der Waals surface area contributed by atoms with E-state index in [2.05, 4.69) is 0 Å². The van der Waals surface area contributed by atoms with Crippen molar-refractivity contribution in [1.82, 2.24) is 0 Å². The van der Waals surface area contributed by atoms with Crippen molar-refractivity contribution >= 4 is 11.4 Å². The predicted molar refractivity (Wildman–Crippen MR) is 61.8 cm³/mol. The minimum absolute atomic E-state index is 0.722. The molecule has 3 heteroatoms. The monoisotopic (exact) mass is 201 g/mol. The second-order valence-corrected chi connectivity index (χ2v) is 3.24. The highest BCUT2D eigenvalue weighted by Crippen LogP contribution is 2.22. The molecule has 0 heterocycles. The lowest BCUT2D eigenvalue weighted by Crippen LogP contribution is -1.87. The molecule has 0 aliphatic rings. The van der Waals surface area contributed by atoms with Crippen LogP contribution in [0.2, 0.25) is 0 Å². The molecule has 0 spiro atoms. The maximum absolute atomic E-state index is 5.58. The molecule has 15 heavy (non-hydrogen) atoms. The first-order chi connectivity index (χ1) is 7.24. The Bertz CT molecular complexity index is 391. The molecule has 0 unspecified atom stereocenters. The Balaban J connectivity index is 2.15. The van der Waals surface area contributed by atoms with Gasteiger partial charge in [0, 0.05) is 11.4 Å². The molecular formula is C12H12N2O. The molecule has 0 amide bonds. The summed E-state index contributed by atoms with van der Waals surface area (Å²) in [6, 6.07) is 14.5. The van der Waals surface area contributed by atoms with Crippen LogP contribution >= 0.6 is 0 Å². The number of anilines is 2. The summed E-state index contributed by atoms with van der Waals surface area (Å²) in [6.07, 6.45) is 0. The zero-order chi connectivity index (χ0) is 10.7. The fourth-order valence-corrected chi connectivity index (χ4v) is 1.21. The summed E-state index contributed by atoms with van der Waals surface area (Å²) in [5.41, 5.74) is 12.6. The first-order valence-electron chi connectivity index (χ1n) is 4.63. The van der Waals surface area contributed by atoms with Gasteiger partial charge in [0.1, 0.15) is 11.5 Å². The standard InChI is InChI=1S/C12H12N2O/c13-9-1-5-11(6-2-9)15-12-7-3-10(14)4-8-12/h1-8H,13-14H2/i13+1. The zero-order valence-electron chi connectivity index (χ0n) is 8.18. The molecule has 0 fully saturated rings. The maximum Gasteiger partial charge on any atom is 0.127 e. The Labute approximate surface area is 88.3 Å². The summed E-state index contributed by atoms with van der Waals surface area (Å²) >= 11 is 0. The van der Waals surface area contributed by atoms with Crippen molar-refractivity contribution in [3.63, 3.8) is 0 Å². The predicted octanol–water partition coefficient (Wildman–Crippen LogP) is 2.64. The second-order valence-electron chi connectivity index (χ2n) is 3.24. The molecule has 0 aliphatic heterocycles. The Morgan fingerprint density at radius 1 is 0.600 bits per heavy atom. The van der Waals surface area contributed by atoms with Crippen molar-refractivity contribution in [3.05, 3.63) is 48.5 Å². The van der Waals surface area contributed by atoms with E-state index in [1.165, 1.54) is 0 Å². The summed E-state index contributed by atoms with van der Waals surface area (Å²) in [7, 11) is 0. The number of hydrogen-bond donors (Lipinski definition) is 2. The fraction of sp³-hybridized carbons (Fsp3) is 0. The fourth-order valence-electron chi connectivity index (χ4n) is 1.21. The second kappa shape index (κ2) is 3.92. The Hall–Kier alpha value is -2.16. The third-order valence-electron chi connectivity index (χ3n) is 2.00. The third kappa shape index (κ3) is 2.40. The molecule has 76 valence electrons. The van der Waals surface area contributed by atoms with Crippen molar-refractivity contribution in [2.75, 3.05) is 11.5 Å². The lowest BCUT2D eigenvalue weighted by molar-refractivity contribution is 0.483. The SMILES string of the molecule is Nc1ccc(Oc2ccc([15NH2])cc2)cc1. The zero-order valence-corrected chi connectivity index (χ0v) is 8.18. The molecule has 0 saturated carbocycles. The van der Waals surface area contributed by atoms with Gasteiger partial charge in [0.2, 0.25) is 0 Å². The summed E-state index contributed by atoms with van der Waals surface area (Å²) < 4.78 is 5.58. The van der Waals surface area contributed by atoms with Crippen molar-refractivity contribution in [2.24, 2.45) is 0 Å². The van der Waals surface area contributed by atoms with Crippen LogP contribution in [-0.2, 0) is 0 Å². The lowest BCUT2D eigenvalue weighted by Gasteiger charge is -2.05. The van der Waals surface area contributed by atoms with E-state index >= 15 is 0 Å². The van der Waals surface area contributed by atoms with Crippen LogP contribution in [-0.4, -0.2) is 0 Å². The molecule has 0 aliphatic carbocycles. The van der Waals surface area contributed by atoms with E-state index in [0.29, 0.717) is 0 Å². The van der Waals surface area contributed by atoms with E-state index in [1.807, 2.05) is 24.3 Å².